The number of nitrogens with one attached hydrogen (secondary N) is 2. The van der Waals surface area contributed by atoms with Crippen LogP contribution in [-0.2, 0) is 19.1 Å². The van der Waals surface area contributed by atoms with E-state index >= 15 is 0 Å². The fourth-order valence-corrected chi connectivity index (χ4v) is 2.60. The van der Waals surface area contributed by atoms with Crippen LogP contribution in [0.2, 0.25) is 0 Å². The number of nitrogens with zero attached hydrogens (tertiary/aromatic N) is 1. The second kappa shape index (κ2) is 6.95. The second-order valence-corrected chi connectivity index (χ2v) is 5.94. The molecule has 2 amide bonds. The van der Waals surface area contributed by atoms with E-state index in [1.54, 1.807) is 6.92 Å². The highest BCUT2D eigenvalue weighted by Gasteiger charge is 2.34. The van der Waals surface area contributed by atoms with Gasteiger partial charge in [-0.3, -0.25) is 19.7 Å². The van der Waals surface area contributed by atoms with E-state index in [2.05, 4.69) is 15.8 Å². The average molecular weight is 361 g/mol. The molecule has 136 valence electrons. The standard InChI is InChI=1S/C17H16FN3O5/c1-8-5-15(26-21-8)20-16(23)9(2)25-17(24)12-7-14(22)19-13-6-10(18)3-4-11(12)13/h3-6,9,12H,7H2,1-2H3,(H,19,22)(H,20,23)/t9-,12+/m1/s1. The number of esters is 1. The molecule has 0 saturated carbocycles. The Kier molecular flexibility index (Phi) is 4.70. The van der Waals surface area contributed by atoms with Gasteiger partial charge in [-0.1, -0.05) is 11.2 Å². The van der Waals surface area contributed by atoms with Crippen LogP contribution in [0.3, 0.4) is 0 Å². The Balaban J connectivity index is 1.69. The Labute approximate surface area is 147 Å². The molecule has 0 spiro atoms. The van der Waals surface area contributed by atoms with Gasteiger partial charge in [0, 0.05) is 18.2 Å². The molecule has 0 radical (unpaired) electrons. The van der Waals surface area contributed by atoms with E-state index in [0.29, 0.717) is 11.3 Å². The summed E-state index contributed by atoms with van der Waals surface area (Å²) < 4.78 is 23.4. The van der Waals surface area contributed by atoms with Gasteiger partial charge in [-0.15, -0.1) is 0 Å². The number of fused-ring (bicyclic) bond motifs is 1. The third kappa shape index (κ3) is 3.71. The lowest BCUT2D eigenvalue weighted by atomic mass is 9.90. The van der Waals surface area contributed by atoms with Gasteiger partial charge in [0.15, 0.2) is 6.10 Å². The van der Waals surface area contributed by atoms with E-state index in [0.717, 1.165) is 6.07 Å². The maximum absolute atomic E-state index is 13.3. The number of aryl methyl sites for hydroxylation is 1. The first-order valence-electron chi connectivity index (χ1n) is 7.87. The molecule has 8 nitrogen and oxygen atoms in total. The summed E-state index contributed by atoms with van der Waals surface area (Å²) in [5.41, 5.74) is 1.24. The minimum atomic E-state index is -1.12. The van der Waals surface area contributed by atoms with Gasteiger partial charge < -0.3 is 14.6 Å². The Morgan fingerprint density at radius 3 is 2.88 bits per heavy atom. The molecule has 0 saturated heterocycles. The summed E-state index contributed by atoms with van der Waals surface area (Å²) in [6.07, 6.45) is -1.27. The summed E-state index contributed by atoms with van der Waals surface area (Å²) >= 11 is 0. The van der Waals surface area contributed by atoms with Crippen LogP contribution in [0.25, 0.3) is 0 Å². The van der Waals surface area contributed by atoms with E-state index in [-0.39, 0.29) is 18.0 Å². The number of carbonyl (C=O) groups is 3. The lowest BCUT2D eigenvalue weighted by Gasteiger charge is -2.25. The topological polar surface area (TPSA) is 111 Å². The van der Waals surface area contributed by atoms with E-state index in [1.165, 1.54) is 25.1 Å². The molecule has 1 aliphatic rings. The van der Waals surface area contributed by atoms with Crippen LogP contribution < -0.4 is 10.6 Å². The molecule has 2 heterocycles. The minimum absolute atomic E-state index is 0.133. The summed E-state index contributed by atoms with van der Waals surface area (Å²) in [4.78, 5) is 36.3. The quantitative estimate of drug-likeness (QED) is 0.807. The molecule has 26 heavy (non-hydrogen) atoms. The highest BCUT2D eigenvalue weighted by Crippen LogP contribution is 2.33. The Bertz CT molecular complexity index is 879. The zero-order valence-electron chi connectivity index (χ0n) is 14.0. The maximum Gasteiger partial charge on any atom is 0.314 e. The number of hydrogen-bond acceptors (Lipinski definition) is 6. The summed E-state index contributed by atoms with van der Waals surface area (Å²) in [5.74, 6) is -3.10. The van der Waals surface area contributed by atoms with Crippen molar-refractivity contribution < 1.29 is 28.0 Å². The van der Waals surface area contributed by atoms with Crippen molar-refractivity contribution in [1.29, 1.82) is 0 Å². The molecule has 3 rings (SSSR count). The summed E-state index contributed by atoms with van der Waals surface area (Å²) in [6, 6.07) is 5.26. The molecule has 0 aliphatic carbocycles. The van der Waals surface area contributed by atoms with E-state index < -0.39 is 35.6 Å². The van der Waals surface area contributed by atoms with Crippen LogP contribution in [0.4, 0.5) is 16.0 Å². The number of benzene rings is 1. The van der Waals surface area contributed by atoms with Crippen molar-refractivity contribution in [2.75, 3.05) is 10.6 Å². The zero-order chi connectivity index (χ0) is 18.8. The van der Waals surface area contributed by atoms with Crippen molar-refractivity contribution in [2.24, 2.45) is 0 Å². The molecule has 0 unspecified atom stereocenters. The van der Waals surface area contributed by atoms with Gasteiger partial charge in [0.25, 0.3) is 5.91 Å². The van der Waals surface area contributed by atoms with Crippen LogP contribution in [0.5, 0.6) is 0 Å². The summed E-state index contributed by atoms with van der Waals surface area (Å²) in [6.45, 7) is 3.09. The Morgan fingerprint density at radius 2 is 2.19 bits per heavy atom. The summed E-state index contributed by atoms with van der Waals surface area (Å²) in [5, 5.41) is 8.57. The maximum atomic E-state index is 13.3. The van der Waals surface area contributed by atoms with Crippen molar-refractivity contribution in [1.82, 2.24) is 5.16 Å². The van der Waals surface area contributed by atoms with Crippen molar-refractivity contribution in [3.63, 3.8) is 0 Å². The van der Waals surface area contributed by atoms with Crippen molar-refractivity contribution in [2.45, 2.75) is 32.3 Å². The monoisotopic (exact) mass is 361 g/mol. The Morgan fingerprint density at radius 1 is 1.42 bits per heavy atom. The predicted octanol–water partition coefficient (Wildman–Crippen LogP) is 2.12. The third-order valence-electron chi connectivity index (χ3n) is 3.88. The fraction of sp³-hybridized carbons (Fsp3) is 0.294. The molecule has 1 aromatic carbocycles. The lowest BCUT2D eigenvalue weighted by molar-refractivity contribution is -0.155. The Hall–Kier alpha value is -3.23. The number of carbonyl (C=O) groups excluding carboxylic acids is 3. The van der Waals surface area contributed by atoms with Gasteiger partial charge in [0.05, 0.1) is 11.6 Å². The van der Waals surface area contributed by atoms with Crippen molar-refractivity contribution in [3.05, 3.63) is 41.3 Å². The number of aromatic nitrogens is 1. The average Bonchev–Trinajstić information content (AvgIpc) is 2.98. The highest BCUT2D eigenvalue weighted by atomic mass is 19.1. The zero-order valence-corrected chi connectivity index (χ0v) is 14.0. The van der Waals surface area contributed by atoms with E-state index in [4.69, 9.17) is 9.26 Å². The van der Waals surface area contributed by atoms with Crippen LogP contribution in [0, 0.1) is 12.7 Å². The number of halogens is 1. The van der Waals surface area contributed by atoms with Crippen molar-refractivity contribution in [3.8, 4) is 0 Å². The number of ether oxygens (including phenoxy) is 1. The van der Waals surface area contributed by atoms with Gasteiger partial charge in [0.2, 0.25) is 11.8 Å². The SMILES string of the molecule is Cc1cc(NC(=O)[C@@H](C)OC(=O)[C@H]2CC(=O)Nc3cc(F)ccc32)on1. The number of amides is 2. The van der Waals surface area contributed by atoms with Gasteiger partial charge >= 0.3 is 5.97 Å². The van der Waals surface area contributed by atoms with Crippen LogP contribution in [-0.4, -0.2) is 29.0 Å². The first-order valence-corrected chi connectivity index (χ1v) is 7.87. The summed E-state index contributed by atoms with van der Waals surface area (Å²) in [7, 11) is 0. The number of hydrogen-bond donors (Lipinski definition) is 2. The molecule has 9 heteroatoms. The van der Waals surface area contributed by atoms with Gasteiger partial charge in [-0.25, -0.2) is 4.39 Å². The molecule has 0 bridgehead atoms. The van der Waals surface area contributed by atoms with Crippen LogP contribution in [0.1, 0.15) is 30.5 Å². The van der Waals surface area contributed by atoms with E-state index in [1.807, 2.05) is 0 Å². The largest absolute Gasteiger partial charge is 0.452 e. The smallest absolute Gasteiger partial charge is 0.314 e. The van der Waals surface area contributed by atoms with Gasteiger partial charge in [-0.05, 0) is 31.5 Å². The van der Waals surface area contributed by atoms with Gasteiger partial charge in [0.1, 0.15) is 5.82 Å². The second-order valence-electron chi connectivity index (χ2n) is 5.94. The number of rotatable bonds is 4. The lowest BCUT2D eigenvalue weighted by Crippen LogP contribution is -2.34. The van der Waals surface area contributed by atoms with Crippen molar-refractivity contribution >= 4 is 29.4 Å². The molecule has 2 atom stereocenters. The first-order chi connectivity index (χ1) is 12.3. The minimum Gasteiger partial charge on any atom is -0.452 e. The molecular formula is C17H16FN3O5. The fourth-order valence-electron chi connectivity index (χ4n) is 2.60. The highest BCUT2D eigenvalue weighted by molar-refractivity contribution is 6.01. The van der Waals surface area contributed by atoms with E-state index in [9.17, 15) is 18.8 Å². The molecule has 1 aliphatic heterocycles. The van der Waals surface area contributed by atoms with Crippen LogP contribution >= 0.6 is 0 Å². The normalized spacial score (nSPS) is 17.0. The molecule has 1 aromatic heterocycles. The molecular weight excluding hydrogens is 345 g/mol. The predicted molar refractivity (Wildman–Crippen MR) is 87.8 cm³/mol. The van der Waals surface area contributed by atoms with Crippen LogP contribution in [0.15, 0.2) is 28.8 Å². The first kappa shape index (κ1) is 17.6. The number of anilines is 2. The third-order valence-corrected chi connectivity index (χ3v) is 3.88. The molecule has 2 N–H and O–H groups in total. The van der Waals surface area contributed by atoms with Gasteiger partial charge in [-0.2, -0.15) is 0 Å². The molecule has 0 fully saturated rings. The molecule has 2 aromatic rings.